The van der Waals surface area contributed by atoms with Crippen molar-refractivity contribution in [1.82, 2.24) is 9.80 Å². The molecular weight excluding hydrogens is 737 g/mol. The lowest BCUT2D eigenvalue weighted by atomic mass is 9.87. The van der Waals surface area contributed by atoms with Gasteiger partial charge in [-0.1, -0.05) is 18.2 Å². The van der Waals surface area contributed by atoms with Crippen molar-refractivity contribution < 1.29 is 46.4 Å². The van der Waals surface area contributed by atoms with Gasteiger partial charge in [-0.25, -0.2) is 13.2 Å². The summed E-state index contributed by atoms with van der Waals surface area (Å²) in [4.78, 5) is 17.8. The molecule has 0 unspecified atom stereocenters. The molecule has 296 valence electrons. The first kappa shape index (κ1) is 38.2. The minimum Gasteiger partial charge on any atom is -0.493 e. The summed E-state index contributed by atoms with van der Waals surface area (Å²) < 4.78 is 79.1. The van der Waals surface area contributed by atoms with E-state index in [1.807, 2.05) is 42.5 Å². The van der Waals surface area contributed by atoms with Crippen molar-refractivity contribution in [3.63, 3.8) is 0 Å². The maximum atomic E-state index is 14.5. The van der Waals surface area contributed by atoms with E-state index in [1.54, 1.807) is 27.4 Å². The number of fused-ring (bicyclic) bond motifs is 2. The Balaban J connectivity index is 1.26. The molecule has 4 aliphatic rings. The third-order valence-electron chi connectivity index (χ3n) is 11.3. The van der Waals surface area contributed by atoms with Gasteiger partial charge in [-0.3, -0.25) is 14.6 Å². The van der Waals surface area contributed by atoms with Crippen molar-refractivity contribution in [1.29, 1.82) is 0 Å². The summed E-state index contributed by atoms with van der Waals surface area (Å²) in [5.41, 5.74) is 5.95. The molecule has 0 radical (unpaired) electrons. The van der Waals surface area contributed by atoms with Gasteiger partial charge in [0.15, 0.2) is 46.1 Å². The molecule has 2 atom stereocenters. The highest BCUT2D eigenvalue weighted by Gasteiger charge is 2.35. The van der Waals surface area contributed by atoms with Gasteiger partial charge in [0.05, 0.1) is 27.8 Å². The van der Waals surface area contributed by atoms with Gasteiger partial charge in [0.1, 0.15) is 11.6 Å². The molecule has 0 amide bonds. The fourth-order valence-corrected chi connectivity index (χ4v) is 8.20. The van der Waals surface area contributed by atoms with E-state index in [0.717, 1.165) is 53.7 Å². The number of halogens is 3. The lowest BCUT2D eigenvalue weighted by Gasteiger charge is -2.37. The molecule has 0 saturated carbocycles. The highest BCUT2D eigenvalue weighted by Crippen LogP contribution is 2.52. The topological polar surface area (TPSA) is 78.9 Å². The van der Waals surface area contributed by atoms with Crippen molar-refractivity contribution in [2.75, 3.05) is 48.5 Å². The Hall–Kier alpha value is -5.72. The SMILES string of the molecule is COc1cc2c3cc1Oc1c(OC)c(OC)cc4c1[C@@H](Cc1ccc(OC(=O)Cc5cc(F)c(F)cc5F)c(c1)Oc1ccc(cc1)C[C@@H]3N(C)CC2)N(C)CC4. The third kappa shape index (κ3) is 7.47. The molecule has 0 aromatic heterocycles. The first-order chi connectivity index (χ1) is 27.5. The second kappa shape index (κ2) is 15.7. The summed E-state index contributed by atoms with van der Waals surface area (Å²) in [7, 11) is 9.05. The van der Waals surface area contributed by atoms with Crippen LogP contribution in [0.25, 0.3) is 0 Å². The fraction of sp³-hybridized carbons (Fsp3) is 0.311. The molecule has 57 heavy (non-hydrogen) atoms. The molecule has 5 aromatic carbocycles. The van der Waals surface area contributed by atoms with Crippen LogP contribution in [0.3, 0.4) is 0 Å². The molecule has 0 spiro atoms. The van der Waals surface area contributed by atoms with Gasteiger partial charge in [-0.15, -0.1) is 0 Å². The average Bonchev–Trinajstić information content (AvgIpc) is 3.20. The average molecular weight is 781 g/mol. The van der Waals surface area contributed by atoms with E-state index in [2.05, 4.69) is 36.0 Å². The molecule has 0 N–H and O–H groups in total. The van der Waals surface area contributed by atoms with Gasteiger partial charge in [0.25, 0.3) is 0 Å². The van der Waals surface area contributed by atoms with Crippen LogP contribution in [-0.2, 0) is 36.9 Å². The summed E-state index contributed by atoms with van der Waals surface area (Å²) in [5, 5.41) is 0. The Morgan fingerprint density at radius 1 is 0.684 bits per heavy atom. The van der Waals surface area contributed by atoms with Crippen LogP contribution < -0.4 is 28.4 Å². The molecule has 9 nitrogen and oxygen atoms in total. The van der Waals surface area contributed by atoms with Crippen molar-refractivity contribution in [2.24, 2.45) is 0 Å². The van der Waals surface area contributed by atoms with Crippen LogP contribution in [0.2, 0.25) is 0 Å². The van der Waals surface area contributed by atoms with Gasteiger partial charge in [-0.2, -0.15) is 0 Å². The molecule has 4 heterocycles. The first-order valence-electron chi connectivity index (χ1n) is 18.8. The minimum absolute atomic E-state index is 0.0368. The number of likely N-dealkylation sites (N-methyl/N-ethyl adjacent to an activating group) is 2. The molecule has 9 rings (SSSR count). The summed E-state index contributed by atoms with van der Waals surface area (Å²) >= 11 is 0. The first-order valence-corrected chi connectivity index (χ1v) is 18.8. The highest BCUT2D eigenvalue weighted by atomic mass is 19.2. The van der Waals surface area contributed by atoms with Crippen LogP contribution in [-0.4, -0.2) is 64.3 Å². The predicted molar refractivity (Wildman–Crippen MR) is 207 cm³/mol. The van der Waals surface area contributed by atoms with Gasteiger partial charge in [0, 0.05) is 42.4 Å². The normalized spacial score (nSPS) is 17.7. The smallest absolute Gasteiger partial charge is 0.315 e. The van der Waals surface area contributed by atoms with E-state index >= 15 is 0 Å². The predicted octanol–water partition coefficient (Wildman–Crippen LogP) is 8.72. The number of hydrogen-bond acceptors (Lipinski definition) is 9. The van der Waals surface area contributed by atoms with E-state index in [1.165, 1.54) is 5.56 Å². The van der Waals surface area contributed by atoms with Crippen molar-refractivity contribution in [3.05, 3.63) is 129 Å². The molecule has 0 aliphatic carbocycles. The standard InChI is InChI=1S/C45H43F3N2O7/c1-49-14-12-27-20-38(52-3)40-23-31(27)35(49)16-25-6-9-30(10-7-25)55-39-18-26(8-11-37(39)56-42(51)22-29-19-33(47)34(48)24-32(29)46)17-36-43-28(13-15-50(36)2)21-41(53-4)44(54-5)45(43)57-40/h6-11,18-21,23-24,35-36H,12-17,22H2,1-5H3/t35-,36+/m0/s1. The van der Waals surface area contributed by atoms with Crippen LogP contribution in [0.1, 0.15) is 51.0 Å². The van der Waals surface area contributed by atoms with Gasteiger partial charge in [-0.05, 0) is 116 Å². The van der Waals surface area contributed by atoms with Gasteiger partial charge < -0.3 is 28.4 Å². The Bertz CT molecular complexity index is 2350. The Morgan fingerprint density at radius 3 is 2.07 bits per heavy atom. The fourth-order valence-electron chi connectivity index (χ4n) is 8.20. The molecule has 4 aliphatic heterocycles. The zero-order chi connectivity index (χ0) is 40.0. The number of rotatable bonds is 6. The molecule has 0 saturated heterocycles. The largest absolute Gasteiger partial charge is 0.493 e. The second-order valence-electron chi connectivity index (χ2n) is 14.8. The monoisotopic (exact) mass is 780 g/mol. The number of carbonyl (C=O) groups is 1. The number of benzene rings is 5. The quantitative estimate of drug-likeness (QED) is 0.0956. The Labute approximate surface area is 329 Å². The molecular formula is C45H43F3N2O7. The maximum Gasteiger partial charge on any atom is 0.315 e. The van der Waals surface area contributed by atoms with E-state index < -0.39 is 29.8 Å². The van der Waals surface area contributed by atoms with Crippen LogP contribution in [0, 0.1) is 17.5 Å². The number of nitrogens with zero attached hydrogens (tertiary/aromatic N) is 2. The zero-order valence-electron chi connectivity index (χ0n) is 32.4. The molecule has 12 heteroatoms. The summed E-state index contributed by atoms with van der Waals surface area (Å²) in [5.74, 6) is -0.944. The van der Waals surface area contributed by atoms with E-state index in [4.69, 9.17) is 28.4 Å². The Morgan fingerprint density at radius 2 is 1.33 bits per heavy atom. The van der Waals surface area contributed by atoms with Crippen LogP contribution in [0.15, 0.2) is 72.8 Å². The number of ether oxygens (including phenoxy) is 6. The zero-order valence-corrected chi connectivity index (χ0v) is 32.4. The lowest BCUT2D eigenvalue weighted by molar-refractivity contribution is -0.133. The lowest BCUT2D eigenvalue weighted by Crippen LogP contribution is -2.34. The van der Waals surface area contributed by atoms with Gasteiger partial charge in [0.2, 0.25) is 5.75 Å². The number of carbonyl (C=O) groups excluding carboxylic acids is 1. The van der Waals surface area contributed by atoms with Crippen LogP contribution in [0.4, 0.5) is 13.2 Å². The van der Waals surface area contributed by atoms with Crippen molar-refractivity contribution in [3.8, 4) is 46.0 Å². The summed E-state index contributed by atoms with van der Waals surface area (Å²) in [6.45, 7) is 1.63. The maximum absolute atomic E-state index is 14.5. The van der Waals surface area contributed by atoms with Crippen molar-refractivity contribution in [2.45, 2.75) is 44.2 Å². The molecule has 6 bridgehead atoms. The second-order valence-corrected chi connectivity index (χ2v) is 14.8. The Kier molecular flexibility index (Phi) is 10.5. The number of methoxy groups -OCH3 is 3. The van der Waals surface area contributed by atoms with Crippen molar-refractivity contribution >= 4 is 5.97 Å². The molecule has 5 aromatic rings. The van der Waals surface area contributed by atoms with Crippen LogP contribution in [0.5, 0.6) is 46.0 Å². The van der Waals surface area contributed by atoms with E-state index in [0.29, 0.717) is 59.5 Å². The summed E-state index contributed by atoms with van der Waals surface area (Å²) in [6, 6.07) is 20.1. The van der Waals surface area contributed by atoms with E-state index in [9.17, 15) is 18.0 Å². The van der Waals surface area contributed by atoms with E-state index in [-0.39, 0.29) is 29.1 Å². The number of hydrogen-bond donors (Lipinski definition) is 0. The summed E-state index contributed by atoms with van der Waals surface area (Å²) in [6.07, 6.45) is 2.18. The molecule has 0 fully saturated rings. The minimum atomic E-state index is -1.34. The third-order valence-corrected chi connectivity index (χ3v) is 11.3. The highest BCUT2D eigenvalue weighted by molar-refractivity contribution is 5.76. The van der Waals surface area contributed by atoms with Gasteiger partial charge >= 0.3 is 5.97 Å². The van der Waals surface area contributed by atoms with Crippen LogP contribution >= 0.6 is 0 Å². The number of esters is 1.